The Balaban J connectivity index is 3.13. The van der Waals surface area contributed by atoms with Gasteiger partial charge in [0.1, 0.15) is 5.82 Å². The van der Waals surface area contributed by atoms with E-state index in [1.807, 2.05) is 6.92 Å². The maximum absolute atomic E-state index is 12.9. The molecule has 0 aliphatic heterocycles. The Morgan fingerprint density at radius 2 is 1.81 bits per heavy atom. The lowest BCUT2D eigenvalue weighted by atomic mass is 9.97. The molecule has 88 valence electrons. The van der Waals surface area contributed by atoms with Crippen molar-refractivity contribution in [1.29, 1.82) is 0 Å². The van der Waals surface area contributed by atoms with Gasteiger partial charge in [0.15, 0.2) is 0 Å². The first-order valence-electron chi connectivity index (χ1n) is 5.60. The number of benzene rings is 1. The van der Waals surface area contributed by atoms with Crippen LogP contribution in [0.4, 0.5) is 10.1 Å². The van der Waals surface area contributed by atoms with Gasteiger partial charge in [0, 0.05) is 16.9 Å². The summed E-state index contributed by atoms with van der Waals surface area (Å²) in [5, 5.41) is 0. The van der Waals surface area contributed by atoms with Crippen LogP contribution < -0.4 is 4.90 Å². The van der Waals surface area contributed by atoms with Gasteiger partial charge in [-0.2, -0.15) is 0 Å². The Morgan fingerprint density at radius 1 is 1.31 bits per heavy atom. The molecule has 0 aliphatic rings. The van der Waals surface area contributed by atoms with Crippen LogP contribution in [-0.2, 0) is 0 Å². The van der Waals surface area contributed by atoms with Crippen LogP contribution in [0, 0.1) is 5.82 Å². The molecule has 0 bridgehead atoms. The highest BCUT2D eigenvalue weighted by molar-refractivity contribution is 5.53. The van der Waals surface area contributed by atoms with Crippen LogP contribution in [0.3, 0.4) is 0 Å². The molecule has 1 aromatic carbocycles. The van der Waals surface area contributed by atoms with Crippen molar-refractivity contribution in [3.05, 3.63) is 42.4 Å². The second-order valence-corrected chi connectivity index (χ2v) is 4.71. The lowest BCUT2D eigenvalue weighted by molar-refractivity contribution is 0.473. The molecule has 0 saturated heterocycles. The molecule has 1 aromatic rings. The number of hydrogen-bond donors (Lipinski definition) is 0. The van der Waals surface area contributed by atoms with E-state index >= 15 is 0 Å². The fraction of sp³-hybridized carbons (Fsp3) is 0.429. The second kappa shape index (κ2) is 4.69. The maximum atomic E-state index is 12.9. The number of hydrogen-bond acceptors (Lipinski definition) is 1. The van der Waals surface area contributed by atoms with Crippen LogP contribution in [0.15, 0.2) is 36.5 Å². The molecule has 1 rings (SSSR count). The van der Waals surface area contributed by atoms with Crippen molar-refractivity contribution in [2.75, 3.05) is 4.90 Å². The van der Waals surface area contributed by atoms with Gasteiger partial charge in [-0.05, 0) is 51.5 Å². The first-order valence-corrected chi connectivity index (χ1v) is 5.60. The van der Waals surface area contributed by atoms with Crippen LogP contribution in [0.1, 0.15) is 34.1 Å². The van der Waals surface area contributed by atoms with Crippen LogP contribution >= 0.6 is 0 Å². The number of nitrogens with zero attached hydrogens (tertiary/aromatic N) is 1. The van der Waals surface area contributed by atoms with Gasteiger partial charge in [0.05, 0.1) is 0 Å². The molecule has 0 atom stereocenters. The summed E-state index contributed by atoms with van der Waals surface area (Å²) in [5.41, 5.74) is 1.95. The fourth-order valence-electron chi connectivity index (χ4n) is 1.83. The zero-order chi connectivity index (χ0) is 12.3. The van der Waals surface area contributed by atoms with Crippen LogP contribution in [0.25, 0.3) is 0 Å². The molecule has 0 unspecified atom stereocenters. The first-order chi connectivity index (χ1) is 7.38. The van der Waals surface area contributed by atoms with Crippen molar-refractivity contribution in [2.45, 2.75) is 39.7 Å². The lowest BCUT2D eigenvalue weighted by Gasteiger charge is -2.40. The smallest absolute Gasteiger partial charge is 0.123 e. The number of anilines is 1. The normalized spacial score (nSPS) is 11.3. The molecule has 16 heavy (non-hydrogen) atoms. The molecular weight excluding hydrogens is 201 g/mol. The van der Waals surface area contributed by atoms with Crippen LogP contribution in [0.2, 0.25) is 0 Å². The van der Waals surface area contributed by atoms with E-state index in [0.29, 0.717) is 0 Å². The number of rotatable bonds is 4. The number of halogens is 1. The summed E-state index contributed by atoms with van der Waals surface area (Å²) in [4.78, 5) is 2.15. The van der Waals surface area contributed by atoms with E-state index in [-0.39, 0.29) is 11.4 Å². The van der Waals surface area contributed by atoms with E-state index in [1.54, 1.807) is 12.1 Å². The quantitative estimate of drug-likeness (QED) is 0.730. The van der Waals surface area contributed by atoms with Crippen LogP contribution in [0.5, 0.6) is 0 Å². The van der Waals surface area contributed by atoms with E-state index in [4.69, 9.17) is 0 Å². The summed E-state index contributed by atoms with van der Waals surface area (Å²) >= 11 is 0. The second-order valence-electron chi connectivity index (χ2n) is 4.71. The molecule has 0 heterocycles. The average molecular weight is 221 g/mol. The van der Waals surface area contributed by atoms with Crippen molar-refractivity contribution < 1.29 is 4.39 Å². The van der Waals surface area contributed by atoms with Crippen molar-refractivity contribution in [3.63, 3.8) is 0 Å². The fourth-order valence-corrected chi connectivity index (χ4v) is 1.83. The monoisotopic (exact) mass is 221 g/mol. The molecule has 0 aromatic heterocycles. The Morgan fingerprint density at radius 3 is 2.19 bits per heavy atom. The third kappa shape index (κ3) is 2.63. The van der Waals surface area contributed by atoms with Crippen molar-refractivity contribution in [1.82, 2.24) is 0 Å². The highest BCUT2D eigenvalue weighted by atomic mass is 19.1. The Bertz CT molecular complexity index is 365. The summed E-state index contributed by atoms with van der Waals surface area (Å²) in [5.74, 6) is -0.209. The maximum Gasteiger partial charge on any atom is 0.123 e. The zero-order valence-electron chi connectivity index (χ0n) is 10.5. The largest absolute Gasteiger partial charge is 0.340 e. The van der Waals surface area contributed by atoms with Gasteiger partial charge in [-0.15, -0.1) is 0 Å². The molecule has 0 saturated carbocycles. The van der Waals surface area contributed by atoms with E-state index in [2.05, 4.69) is 32.3 Å². The zero-order valence-corrected chi connectivity index (χ0v) is 10.5. The molecule has 0 aliphatic carbocycles. The summed E-state index contributed by atoms with van der Waals surface area (Å²) in [6.45, 7) is 12.4. The minimum atomic E-state index is -0.209. The SMILES string of the molecule is C=C(C)N(c1ccc(F)cc1)C(C)(C)CC. The molecule has 1 nitrogen and oxygen atoms in total. The molecule has 0 radical (unpaired) electrons. The average Bonchev–Trinajstić information content (AvgIpc) is 2.20. The van der Waals surface area contributed by atoms with E-state index in [9.17, 15) is 4.39 Å². The summed E-state index contributed by atoms with van der Waals surface area (Å²) in [6.07, 6.45) is 0.997. The van der Waals surface area contributed by atoms with Gasteiger partial charge in [0.25, 0.3) is 0 Å². The molecule has 0 spiro atoms. The van der Waals surface area contributed by atoms with Gasteiger partial charge >= 0.3 is 0 Å². The summed E-state index contributed by atoms with van der Waals surface area (Å²) in [7, 11) is 0. The molecular formula is C14H20FN. The van der Waals surface area contributed by atoms with E-state index in [1.165, 1.54) is 12.1 Å². The third-order valence-corrected chi connectivity index (χ3v) is 2.94. The Labute approximate surface area is 97.6 Å². The van der Waals surface area contributed by atoms with Gasteiger partial charge in [-0.3, -0.25) is 0 Å². The van der Waals surface area contributed by atoms with Crippen LogP contribution in [-0.4, -0.2) is 5.54 Å². The third-order valence-electron chi connectivity index (χ3n) is 2.94. The lowest BCUT2D eigenvalue weighted by Crippen LogP contribution is -2.42. The molecule has 0 fully saturated rings. The van der Waals surface area contributed by atoms with Gasteiger partial charge in [-0.25, -0.2) is 4.39 Å². The summed E-state index contributed by atoms with van der Waals surface area (Å²) in [6, 6.07) is 6.55. The van der Waals surface area contributed by atoms with Gasteiger partial charge in [0.2, 0.25) is 0 Å². The van der Waals surface area contributed by atoms with Gasteiger partial charge in [-0.1, -0.05) is 13.5 Å². The van der Waals surface area contributed by atoms with Gasteiger partial charge < -0.3 is 4.90 Å². The van der Waals surface area contributed by atoms with Crippen molar-refractivity contribution in [2.24, 2.45) is 0 Å². The first kappa shape index (κ1) is 12.8. The highest BCUT2D eigenvalue weighted by Crippen LogP contribution is 2.29. The Kier molecular flexibility index (Phi) is 3.74. The molecule has 0 N–H and O–H groups in total. The number of allylic oxidation sites excluding steroid dienone is 1. The summed E-state index contributed by atoms with van der Waals surface area (Å²) < 4.78 is 12.9. The van der Waals surface area contributed by atoms with E-state index < -0.39 is 0 Å². The molecule has 0 amide bonds. The molecule has 2 heteroatoms. The van der Waals surface area contributed by atoms with E-state index in [0.717, 1.165) is 17.8 Å². The highest BCUT2D eigenvalue weighted by Gasteiger charge is 2.25. The standard InChI is InChI=1S/C14H20FN/c1-6-14(4,5)16(11(2)3)13-9-7-12(15)8-10-13/h7-10H,2,6H2,1,3-5H3. The van der Waals surface area contributed by atoms with Crippen molar-refractivity contribution in [3.8, 4) is 0 Å². The Hall–Kier alpha value is -1.31. The minimum absolute atomic E-state index is 0.0103. The van der Waals surface area contributed by atoms with Crippen molar-refractivity contribution >= 4 is 5.69 Å². The topological polar surface area (TPSA) is 3.24 Å². The minimum Gasteiger partial charge on any atom is -0.340 e. The predicted molar refractivity (Wildman–Crippen MR) is 68.1 cm³/mol. The predicted octanol–water partition coefficient (Wildman–Crippen LogP) is 4.35.